The van der Waals surface area contributed by atoms with Gasteiger partial charge in [0.1, 0.15) is 5.75 Å². The number of aliphatic hydroxyl groups excluding tert-OH is 1. The number of amides is 1. The van der Waals surface area contributed by atoms with Crippen molar-refractivity contribution in [1.29, 1.82) is 0 Å². The van der Waals surface area contributed by atoms with Crippen molar-refractivity contribution in [2.24, 2.45) is 0 Å². The van der Waals surface area contributed by atoms with Crippen molar-refractivity contribution in [3.05, 3.63) is 76.6 Å². The number of rotatable bonds is 7. The normalized spacial score (nSPS) is 16.7. The summed E-state index contributed by atoms with van der Waals surface area (Å²) in [6.45, 7) is 8.55. The van der Waals surface area contributed by atoms with Crippen LogP contribution in [-0.4, -0.2) is 35.4 Å². The highest BCUT2D eigenvalue weighted by molar-refractivity contribution is 6.08. The molecule has 1 N–H and O–H groups in total. The zero-order valence-electron chi connectivity index (χ0n) is 18.9. The minimum atomic E-state index is -0.577. The number of methoxy groups -OCH3 is 1. The molecule has 2 aromatic rings. The van der Waals surface area contributed by atoms with Crippen molar-refractivity contribution in [1.82, 2.24) is 4.90 Å². The largest absolute Gasteiger partial charge is 0.503 e. The summed E-state index contributed by atoms with van der Waals surface area (Å²) in [5, 5.41) is 10.6. The molecule has 1 atom stereocenters. The lowest BCUT2D eigenvalue weighted by atomic mass is 9.85. The Labute approximate surface area is 184 Å². The smallest absolute Gasteiger partial charge is 0.290 e. The van der Waals surface area contributed by atoms with E-state index in [1.807, 2.05) is 48.5 Å². The van der Waals surface area contributed by atoms with Crippen LogP contribution in [0, 0.1) is 0 Å². The highest BCUT2D eigenvalue weighted by atomic mass is 16.5. The first-order chi connectivity index (χ1) is 14.7. The van der Waals surface area contributed by atoms with Gasteiger partial charge in [0.15, 0.2) is 11.5 Å². The summed E-state index contributed by atoms with van der Waals surface area (Å²) in [5.41, 5.74) is 3.24. The maximum Gasteiger partial charge on any atom is 0.290 e. The average Bonchev–Trinajstić information content (AvgIpc) is 3.01. The molecule has 0 aromatic heterocycles. The van der Waals surface area contributed by atoms with Gasteiger partial charge in [0.25, 0.3) is 5.91 Å². The number of Topliss-reactive ketones (excluding diaryl/α,β-unsaturated/α-hetero) is 1. The monoisotopic (exact) mass is 421 g/mol. The van der Waals surface area contributed by atoms with Crippen molar-refractivity contribution in [3.63, 3.8) is 0 Å². The van der Waals surface area contributed by atoms with Crippen LogP contribution in [-0.2, 0) is 21.4 Å². The molecule has 3 rings (SSSR count). The first-order valence-corrected chi connectivity index (χ1v) is 10.7. The number of ether oxygens (including phenoxy) is 1. The van der Waals surface area contributed by atoms with Crippen LogP contribution < -0.4 is 4.74 Å². The molecule has 1 heterocycles. The van der Waals surface area contributed by atoms with Crippen LogP contribution in [0.2, 0.25) is 0 Å². The minimum absolute atomic E-state index is 0.00186. The molecule has 0 saturated heterocycles. The molecule has 31 heavy (non-hydrogen) atoms. The van der Waals surface area contributed by atoms with E-state index >= 15 is 0 Å². The second-order valence-corrected chi connectivity index (χ2v) is 8.91. The molecule has 1 aliphatic rings. The van der Waals surface area contributed by atoms with Gasteiger partial charge in [0.2, 0.25) is 0 Å². The molecule has 0 radical (unpaired) electrons. The van der Waals surface area contributed by atoms with Crippen LogP contribution in [0.15, 0.2) is 59.9 Å². The molecule has 1 amide bonds. The van der Waals surface area contributed by atoms with Gasteiger partial charge in [0.05, 0.1) is 18.7 Å². The standard InChI is InChI=1S/C26H31NO4/c1-6-21(28)22-23(18-9-11-19(12-10-18)26(2,3)4)27(25(30)24(22)29)16-15-17-7-13-20(31-5)14-8-17/h7-14,23,29H,6,15-16H2,1-5H3. The SMILES string of the molecule is CCC(=O)C1=C(O)C(=O)N(CCc2ccc(OC)cc2)C1c1ccc(C(C)(C)C)cc1. The number of hydrogen-bond donors (Lipinski definition) is 1. The van der Waals surface area contributed by atoms with Crippen molar-refractivity contribution >= 4 is 11.7 Å². The third-order valence-corrected chi connectivity index (χ3v) is 5.82. The number of benzene rings is 2. The summed E-state index contributed by atoms with van der Waals surface area (Å²) in [7, 11) is 1.62. The van der Waals surface area contributed by atoms with E-state index in [4.69, 9.17) is 4.74 Å². The van der Waals surface area contributed by atoms with Crippen LogP contribution in [0.25, 0.3) is 0 Å². The highest BCUT2D eigenvalue weighted by Gasteiger charge is 2.42. The van der Waals surface area contributed by atoms with E-state index in [2.05, 4.69) is 20.8 Å². The molecule has 0 spiro atoms. The molecule has 0 saturated carbocycles. The van der Waals surface area contributed by atoms with Gasteiger partial charge in [-0.2, -0.15) is 0 Å². The first-order valence-electron chi connectivity index (χ1n) is 10.7. The summed E-state index contributed by atoms with van der Waals surface area (Å²) in [6.07, 6.45) is 0.836. The van der Waals surface area contributed by atoms with Gasteiger partial charge in [-0.3, -0.25) is 9.59 Å². The molecule has 5 heteroatoms. The van der Waals surface area contributed by atoms with E-state index in [-0.39, 0.29) is 23.2 Å². The number of nitrogens with zero attached hydrogens (tertiary/aromatic N) is 1. The lowest BCUT2D eigenvalue weighted by molar-refractivity contribution is -0.129. The second kappa shape index (κ2) is 8.96. The molecule has 0 bridgehead atoms. The number of carbonyl (C=O) groups is 2. The quantitative estimate of drug-likeness (QED) is 0.690. The Morgan fingerprint density at radius 1 is 1.06 bits per heavy atom. The summed E-state index contributed by atoms with van der Waals surface area (Å²) in [6, 6.07) is 15.1. The van der Waals surface area contributed by atoms with Gasteiger partial charge >= 0.3 is 0 Å². The van der Waals surface area contributed by atoms with Gasteiger partial charge < -0.3 is 14.7 Å². The topological polar surface area (TPSA) is 66.8 Å². The zero-order valence-corrected chi connectivity index (χ0v) is 18.9. The summed E-state index contributed by atoms with van der Waals surface area (Å²) >= 11 is 0. The van der Waals surface area contributed by atoms with Gasteiger partial charge in [-0.05, 0) is 40.7 Å². The maximum absolute atomic E-state index is 12.9. The van der Waals surface area contributed by atoms with E-state index in [9.17, 15) is 14.7 Å². The number of ketones is 1. The lowest BCUT2D eigenvalue weighted by Gasteiger charge is -2.28. The van der Waals surface area contributed by atoms with Gasteiger partial charge in [-0.15, -0.1) is 0 Å². The van der Waals surface area contributed by atoms with Crippen molar-refractivity contribution in [2.75, 3.05) is 13.7 Å². The van der Waals surface area contributed by atoms with E-state index in [1.165, 1.54) is 5.56 Å². The molecule has 1 aliphatic heterocycles. The second-order valence-electron chi connectivity index (χ2n) is 8.91. The number of carbonyl (C=O) groups excluding carboxylic acids is 2. The molecular weight excluding hydrogens is 390 g/mol. The van der Waals surface area contributed by atoms with Crippen molar-refractivity contribution < 1.29 is 19.4 Å². The Hall–Kier alpha value is -3.08. The molecule has 1 unspecified atom stereocenters. The summed E-state index contributed by atoms with van der Waals surface area (Å²) in [5.74, 6) is -0.350. The van der Waals surface area contributed by atoms with Crippen LogP contribution in [0.3, 0.4) is 0 Å². The predicted octanol–water partition coefficient (Wildman–Crippen LogP) is 4.91. The first kappa shape index (κ1) is 22.6. The fourth-order valence-electron chi connectivity index (χ4n) is 3.91. The zero-order chi connectivity index (χ0) is 22.8. The Morgan fingerprint density at radius 3 is 2.19 bits per heavy atom. The third kappa shape index (κ3) is 4.66. The molecular formula is C26H31NO4. The van der Waals surface area contributed by atoms with Crippen LogP contribution in [0.5, 0.6) is 5.75 Å². The Balaban J connectivity index is 1.92. The van der Waals surface area contributed by atoms with E-state index in [0.717, 1.165) is 16.9 Å². The van der Waals surface area contributed by atoms with Crippen molar-refractivity contribution in [2.45, 2.75) is 52.0 Å². The molecule has 2 aromatic carbocycles. The van der Waals surface area contributed by atoms with Crippen LogP contribution in [0.4, 0.5) is 0 Å². The van der Waals surface area contributed by atoms with Crippen LogP contribution >= 0.6 is 0 Å². The fraction of sp³-hybridized carbons (Fsp3) is 0.385. The molecule has 5 nitrogen and oxygen atoms in total. The van der Waals surface area contributed by atoms with E-state index < -0.39 is 17.7 Å². The molecule has 164 valence electrons. The van der Waals surface area contributed by atoms with E-state index in [1.54, 1.807) is 18.9 Å². The summed E-state index contributed by atoms with van der Waals surface area (Å²) in [4.78, 5) is 27.2. The van der Waals surface area contributed by atoms with Gasteiger partial charge in [-0.25, -0.2) is 0 Å². The highest BCUT2D eigenvalue weighted by Crippen LogP contribution is 2.39. The average molecular weight is 422 g/mol. The van der Waals surface area contributed by atoms with E-state index in [0.29, 0.717) is 13.0 Å². The van der Waals surface area contributed by atoms with Gasteiger partial charge in [0, 0.05) is 13.0 Å². The third-order valence-electron chi connectivity index (χ3n) is 5.82. The molecule has 0 aliphatic carbocycles. The van der Waals surface area contributed by atoms with Gasteiger partial charge in [-0.1, -0.05) is 64.1 Å². The minimum Gasteiger partial charge on any atom is -0.503 e. The number of hydrogen-bond acceptors (Lipinski definition) is 4. The fourth-order valence-corrected chi connectivity index (χ4v) is 3.91. The number of aliphatic hydroxyl groups is 1. The Bertz CT molecular complexity index is 982. The Morgan fingerprint density at radius 2 is 1.68 bits per heavy atom. The summed E-state index contributed by atoms with van der Waals surface area (Å²) < 4.78 is 5.20. The predicted molar refractivity (Wildman–Crippen MR) is 121 cm³/mol. The van der Waals surface area contributed by atoms with Crippen LogP contribution in [0.1, 0.15) is 56.8 Å². The maximum atomic E-state index is 12.9. The Kier molecular flexibility index (Phi) is 6.54. The molecule has 0 fully saturated rings. The lowest BCUT2D eigenvalue weighted by Crippen LogP contribution is -2.33. The van der Waals surface area contributed by atoms with Crippen molar-refractivity contribution in [3.8, 4) is 5.75 Å².